The maximum Gasteiger partial charge on any atom is 0.249 e. The highest BCUT2D eigenvalue weighted by Gasteiger charge is 2.05. The number of aryl methyl sites for hydroxylation is 1. The van der Waals surface area contributed by atoms with Crippen LogP contribution in [0.25, 0.3) is 22.0 Å². The second-order valence-corrected chi connectivity index (χ2v) is 4.47. The van der Waals surface area contributed by atoms with Crippen LogP contribution in [0.2, 0.25) is 0 Å². The Hall–Kier alpha value is -2.35. The largest absolute Gasteiger partial charge is 0.321 e. The van der Waals surface area contributed by atoms with Gasteiger partial charge in [0.1, 0.15) is 0 Å². The Labute approximate surface area is 105 Å². The second kappa shape index (κ2) is 4.15. The molecule has 88 valence electrons. The van der Waals surface area contributed by atoms with Crippen LogP contribution in [0, 0.1) is 6.92 Å². The molecule has 3 aromatic rings. The lowest BCUT2D eigenvalue weighted by Gasteiger charge is -2.07. The molecule has 0 atom stereocenters. The summed E-state index contributed by atoms with van der Waals surface area (Å²) in [6.07, 6.45) is 0. The standard InChI is InChI=1S/C16H13NO/c1-11-7-8-14-13(9-11)10-15(18)17-16(14)12-5-3-2-4-6-12/h2-10H,1H3,(H,17,18). The molecule has 1 N–H and O–H groups in total. The van der Waals surface area contributed by atoms with E-state index >= 15 is 0 Å². The number of nitrogens with one attached hydrogen (secondary N) is 1. The molecule has 0 spiro atoms. The Morgan fingerprint density at radius 1 is 0.944 bits per heavy atom. The predicted molar refractivity (Wildman–Crippen MR) is 74.7 cm³/mol. The minimum absolute atomic E-state index is 0.0630. The van der Waals surface area contributed by atoms with Crippen LogP contribution in [0.3, 0.4) is 0 Å². The van der Waals surface area contributed by atoms with Gasteiger partial charge in [-0.25, -0.2) is 0 Å². The molecule has 0 bridgehead atoms. The summed E-state index contributed by atoms with van der Waals surface area (Å²) in [6.45, 7) is 2.03. The molecule has 0 radical (unpaired) electrons. The molecule has 3 rings (SSSR count). The van der Waals surface area contributed by atoms with E-state index in [0.717, 1.165) is 27.6 Å². The number of hydrogen-bond acceptors (Lipinski definition) is 1. The molecule has 18 heavy (non-hydrogen) atoms. The van der Waals surface area contributed by atoms with E-state index in [2.05, 4.69) is 17.1 Å². The van der Waals surface area contributed by atoms with Crippen molar-refractivity contribution < 1.29 is 0 Å². The molecule has 0 aliphatic rings. The van der Waals surface area contributed by atoms with E-state index in [-0.39, 0.29) is 5.56 Å². The molecule has 1 heterocycles. The van der Waals surface area contributed by atoms with Gasteiger partial charge in [-0.2, -0.15) is 0 Å². The summed E-state index contributed by atoms with van der Waals surface area (Å²) in [4.78, 5) is 14.7. The Bertz CT molecular complexity index is 757. The molecule has 1 aromatic heterocycles. The first kappa shape index (κ1) is 10.8. The number of aromatic amines is 1. The summed E-state index contributed by atoms with van der Waals surface area (Å²) >= 11 is 0. The predicted octanol–water partition coefficient (Wildman–Crippen LogP) is 3.50. The van der Waals surface area contributed by atoms with Gasteiger partial charge in [-0.3, -0.25) is 4.79 Å². The van der Waals surface area contributed by atoms with Crippen molar-refractivity contribution in [3.63, 3.8) is 0 Å². The number of aromatic nitrogens is 1. The lowest BCUT2D eigenvalue weighted by Crippen LogP contribution is -2.05. The molecule has 0 aliphatic carbocycles. The van der Waals surface area contributed by atoms with Crippen LogP contribution >= 0.6 is 0 Å². The highest BCUT2D eigenvalue weighted by atomic mass is 16.1. The molecular weight excluding hydrogens is 222 g/mol. The molecule has 0 saturated heterocycles. The Kier molecular flexibility index (Phi) is 2.49. The van der Waals surface area contributed by atoms with E-state index < -0.39 is 0 Å². The van der Waals surface area contributed by atoms with Crippen molar-refractivity contribution in [2.45, 2.75) is 6.92 Å². The van der Waals surface area contributed by atoms with Crippen LogP contribution in [0.15, 0.2) is 59.4 Å². The van der Waals surface area contributed by atoms with Crippen molar-refractivity contribution in [3.8, 4) is 11.3 Å². The van der Waals surface area contributed by atoms with Crippen molar-refractivity contribution in [1.29, 1.82) is 0 Å². The quantitative estimate of drug-likeness (QED) is 0.688. The van der Waals surface area contributed by atoms with Gasteiger partial charge < -0.3 is 4.98 Å². The highest BCUT2D eigenvalue weighted by Crippen LogP contribution is 2.25. The van der Waals surface area contributed by atoms with Gasteiger partial charge in [0.05, 0.1) is 5.69 Å². The molecule has 0 unspecified atom stereocenters. The second-order valence-electron chi connectivity index (χ2n) is 4.47. The minimum atomic E-state index is -0.0630. The summed E-state index contributed by atoms with van der Waals surface area (Å²) in [5.41, 5.74) is 3.02. The topological polar surface area (TPSA) is 32.9 Å². The molecular formula is C16H13NO. The van der Waals surface area contributed by atoms with Gasteiger partial charge in [-0.05, 0) is 17.9 Å². The average Bonchev–Trinajstić information content (AvgIpc) is 2.38. The van der Waals surface area contributed by atoms with Gasteiger partial charge in [-0.15, -0.1) is 0 Å². The number of fused-ring (bicyclic) bond motifs is 1. The first-order chi connectivity index (χ1) is 8.74. The van der Waals surface area contributed by atoms with Crippen molar-refractivity contribution in [2.75, 3.05) is 0 Å². The minimum Gasteiger partial charge on any atom is -0.321 e. The summed E-state index contributed by atoms with van der Waals surface area (Å²) in [5.74, 6) is 0. The van der Waals surface area contributed by atoms with Crippen molar-refractivity contribution in [2.24, 2.45) is 0 Å². The first-order valence-electron chi connectivity index (χ1n) is 5.93. The molecule has 0 fully saturated rings. The van der Waals surface area contributed by atoms with E-state index in [9.17, 15) is 4.79 Å². The number of pyridine rings is 1. The average molecular weight is 235 g/mol. The summed E-state index contributed by atoms with van der Waals surface area (Å²) in [7, 11) is 0. The van der Waals surface area contributed by atoms with Crippen LogP contribution in [-0.2, 0) is 0 Å². The van der Waals surface area contributed by atoms with Gasteiger partial charge in [0, 0.05) is 11.5 Å². The van der Waals surface area contributed by atoms with Gasteiger partial charge >= 0.3 is 0 Å². The number of hydrogen-bond donors (Lipinski definition) is 1. The van der Waals surface area contributed by atoms with Crippen LogP contribution in [0.5, 0.6) is 0 Å². The molecule has 0 aliphatic heterocycles. The van der Waals surface area contributed by atoms with E-state index in [1.165, 1.54) is 0 Å². The van der Waals surface area contributed by atoms with Crippen LogP contribution < -0.4 is 5.56 Å². The lowest BCUT2D eigenvalue weighted by molar-refractivity contribution is 1.27. The molecule has 0 amide bonds. The molecule has 2 nitrogen and oxygen atoms in total. The third kappa shape index (κ3) is 1.82. The zero-order valence-electron chi connectivity index (χ0n) is 10.1. The maximum atomic E-state index is 11.7. The smallest absolute Gasteiger partial charge is 0.249 e. The van der Waals surface area contributed by atoms with Gasteiger partial charge in [0.25, 0.3) is 0 Å². The highest BCUT2D eigenvalue weighted by molar-refractivity contribution is 5.94. The van der Waals surface area contributed by atoms with Crippen LogP contribution in [-0.4, -0.2) is 4.98 Å². The fourth-order valence-corrected chi connectivity index (χ4v) is 2.23. The normalized spacial score (nSPS) is 10.7. The third-order valence-electron chi connectivity index (χ3n) is 3.07. The third-order valence-corrected chi connectivity index (χ3v) is 3.07. The van der Waals surface area contributed by atoms with E-state index in [1.54, 1.807) is 6.07 Å². The number of benzene rings is 2. The summed E-state index contributed by atoms with van der Waals surface area (Å²) < 4.78 is 0. The Balaban J connectivity index is 2.39. The van der Waals surface area contributed by atoms with Gasteiger partial charge in [0.2, 0.25) is 5.56 Å². The fraction of sp³-hybridized carbons (Fsp3) is 0.0625. The Morgan fingerprint density at radius 3 is 2.50 bits per heavy atom. The van der Waals surface area contributed by atoms with Crippen molar-refractivity contribution in [3.05, 3.63) is 70.5 Å². The zero-order valence-corrected chi connectivity index (χ0v) is 10.1. The molecule has 2 heteroatoms. The fourth-order valence-electron chi connectivity index (χ4n) is 2.23. The first-order valence-corrected chi connectivity index (χ1v) is 5.93. The van der Waals surface area contributed by atoms with E-state index in [0.29, 0.717) is 0 Å². The van der Waals surface area contributed by atoms with E-state index in [1.807, 2.05) is 43.3 Å². The summed E-state index contributed by atoms with van der Waals surface area (Å²) in [5, 5.41) is 2.06. The van der Waals surface area contributed by atoms with Gasteiger partial charge in [-0.1, -0.05) is 54.1 Å². The van der Waals surface area contributed by atoms with E-state index in [4.69, 9.17) is 0 Å². The Morgan fingerprint density at radius 2 is 1.72 bits per heavy atom. The lowest BCUT2D eigenvalue weighted by atomic mass is 10.0. The van der Waals surface area contributed by atoms with Crippen molar-refractivity contribution in [1.82, 2.24) is 4.98 Å². The zero-order chi connectivity index (χ0) is 12.5. The van der Waals surface area contributed by atoms with Gasteiger partial charge in [0.15, 0.2) is 0 Å². The van der Waals surface area contributed by atoms with Crippen LogP contribution in [0.4, 0.5) is 0 Å². The molecule has 0 saturated carbocycles. The monoisotopic (exact) mass is 235 g/mol. The van der Waals surface area contributed by atoms with Crippen LogP contribution in [0.1, 0.15) is 5.56 Å². The number of rotatable bonds is 1. The molecule has 2 aromatic carbocycles. The summed E-state index contributed by atoms with van der Waals surface area (Å²) in [6, 6.07) is 17.7. The maximum absolute atomic E-state index is 11.7. The van der Waals surface area contributed by atoms with Crippen molar-refractivity contribution >= 4 is 10.8 Å². The number of H-pyrrole nitrogens is 1. The SMILES string of the molecule is Cc1ccc2c(-c3ccccc3)[nH]c(=O)cc2c1.